The Labute approximate surface area is 107 Å². The molecule has 0 spiro atoms. The van der Waals surface area contributed by atoms with Crippen LogP contribution in [0.25, 0.3) is 0 Å². The molecule has 0 bridgehead atoms. The number of rotatable bonds is 4. The lowest BCUT2D eigenvalue weighted by atomic mass is 10.4. The van der Waals surface area contributed by atoms with Crippen LogP contribution in [0.5, 0.6) is 0 Å². The first-order chi connectivity index (χ1) is 8.69. The molecule has 2 heterocycles. The van der Waals surface area contributed by atoms with Crippen molar-refractivity contribution in [3.05, 3.63) is 18.2 Å². The van der Waals surface area contributed by atoms with E-state index in [2.05, 4.69) is 22.4 Å². The summed E-state index contributed by atoms with van der Waals surface area (Å²) in [5.41, 5.74) is 8.75. The third-order valence-electron chi connectivity index (χ3n) is 3.02. The van der Waals surface area contributed by atoms with Crippen molar-refractivity contribution in [3.8, 4) is 0 Å². The Balaban J connectivity index is 1.86. The molecule has 1 aliphatic rings. The maximum atomic E-state index is 11.9. The van der Waals surface area contributed by atoms with Crippen molar-refractivity contribution in [1.29, 1.82) is 0 Å². The zero-order chi connectivity index (χ0) is 13.0. The van der Waals surface area contributed by atoms with Gasteiger partial charge in [0.2, 0.25) is 0 Å². The van der Waals surface area contributed by atoms with Gasteiger partial charge in [0.15, 0.2) is 0 Å². The molecule has 100 valence electrons. The van der Waals surface area contributed by atoms with Gasteiger partial charge in [0.25, 0.3) is 5.91 Å². The summed E-state index contributed by atoms with van der Waals surface area (Å²) in [6.07, 6.45) is 3.35. The highest BCUT2D eigenvalue weighted by atomic mass is 16.2. The summed E-state index contributed by atoms with van der Waals surface area (Å²) in [7, 11) is 2.08. The monoisotopic (exact) mass is 252 g/mol. The van der Waals surface area contributed by atoms with Gasteiger partial charge in [-0.05, 0) is 7.05 Å². The fraction of sp³-hybridized carbons (Fsp3) is 0.636. The average Bonchev–Trinajstić information content (AvgIpc) is 2.81. The number of aromatic nitrogens is 2. The molecule has 0 saturated carbocycles. The summed E-state index contributed by atoms with van der Waals surface area (Å²) >= 11 is 0. The van der Waals surface area contributed by atoms with Gasteiger partial charge in [0, 0.05) is 45.5 Å². The second-order valence-corrected chi connectivity index (χ2v) is 4.52. The smallest absolute Gasteiger partial charge is 0.285 e. The van der Waals surface area contributed by atoms with Crippen molar-refractivity contribution >= 4 is 5.91 Å². The van der Waals surface area contributed by atoms with Crippen molar-refractivity contribution in [2.45, 2.75) is 6.54 Å². The number of nitrogens with one attached hydrogen (secondary N) is 1. The van der Waals surface area contributed by atoms with E-state index < -0.39 is 0 Å². The fourth-order valence-electron chi connectivity index (χ4n) is 1.87. The first kappa shape index (κ1) is 13.0. The minimum absolute atomic E-state index is 0.157. The Morgan fingerprint density at radius 3 is 2.83 bits per heavy atom. The molecule has 0 aliphatic carbocycles. The number of imidazole rings is 1. The third-order valence-corrected chi connectivity index (χ3v) is 3.02. The summed E-state index contributed by atoms with van der Waals surface area (Å²) in [5.74, 6) is -0.157. The fourth-order valence-corrected chi connectivity index (χ4v) is 1.87. The number of amides is 1. The SMILES string of the molecule is CN1CCN(NC(=O)c2cn(CCN)cn2)CC1. The summed E-state index contributed by atoms with van der Waals surface area (Å²) in [6.45, 7) is 4.81. The van der Waals surface area contributed by atoms with Gasteiger partial charge < -0.3 is 15.2 Å². The van der Waals surface area contributed by atoms with E-state index in [0.717, 1.165) is 26.2 Å². The number of nitrogens with zero attached hydrogens (tertiary/aromatic N) is 4. The van der Waals surface area contributed by atoms with E-state index in [1.165, 1.54) is 0 Å². The number of carbonyl (C=O) groups excluding carboxylic acids is 1. The molecule has 1 saturated heterocycles. The van der Waals surface area contributed by atoms with Crippen LogP contribution < -0.4 is 11.2 Å². The van der Waals surface area contributed by atoms with Gasteiger partial charge in [-0.1, -0.05) is 0 Å². The van der Waals surface area contributed by atoms with Gasteiger partial charge in [-0.2, -0.15) is 0 Å². The van der Waals surface area contributed by atoms with Crippen LogP contribution in [0, 0.1) is 0 Å². The van der Waals surface area contributed by atoms with Gasteiger partial charge in [-0.25, -0.2) is 9.99 Å². The Bertz CT molecular complexity index is 396. The number of likely N-dealkylation sites (N-methyl/N-ethyl adjacent to an activating group) is 1. The minimum Gasteiger partial charge on any atom is -0.335 e. The van der Waals surface area contributed by atoms with E-state index in [1.807, 2.05) is 9.58 Å². The van der Waals surface area contributed by atoms with Gasteiger partial charge in [0.1, 0.15) is 5.69 Å². The van der Waals surface area contributed by atoms with Gasteiger partial charge >= 0.3 is 0 Å². The van der Waals surface area contributed by atoms with Gasteiger partial charge in [-0.15, -0.1) is 0 Å². The number of hydrogen-bond donors (Lipinski definition) is 2. The van der Waals surface area contributed by atoms with Crippen LogP contribution in [0.3, 0.4) is 0 Å². The van der Waals surface area contributed by atoms with Crippen LogP contribution in [0.4, 0.5) is 0 Å². The highest BCUT2D eigenvalue weighted by Gasteiger charge is 2.17. The minimum atomic E-state index is -0.157. The van der Waals surface area contributed by atoms with Crippen LogP contribution in [0.2, 0.25) is 0 Å². The Morgan fingerprint density at radius 1 is 1.44 bits per heavy atom. The number of carbonyl (C=O) groups is 1. The number of nitrogens with two attached hydrogens (primary N) is 1. The molecular formula is C11H20N6O. The molecule has 1 aromatic rings. The standard InChI is InChI=1S/C11H20N6O/c1-15-4-6-17(7-5-15)14-11(18)10-8-16(3-2-12)9-13-10/h8-9H,2-7,12H2,1H3,(H,14,18). The van der Waals surface area contributed by atoms with E-state index in [-0.39, 0.29) is 5.91 Å². The molecular weight excluding hydrogens is 232 g/mol. The molecule has 0 aromatic carbocycles. The molecule has 0 unspecified atom stereocenters. The Hall–Kier alpha value is -1.44. The van der Waals surface area contributed by atoms with E-state index in [4.69, 9.17) is 5.73 Å². The number of hydrazine groups is 1. The molecule has 1 aliphatic heterocycles. The van der Waals surface area contributed by atoms with Crippen LogP contribution in [-0.4, -0.2) is 65.1 Å². The second-order valence-electron chi connectivity index (χ2n) is 4.52. The van der Waals surface area contributed by atoms with Crippen LogP contribution >= 0.6 is 0 Å². The molecule has 18 heavy (non-hydrogen) atoms. The maximum absolute atomic E-state index is 11.9. The van der Waals surface area contributed by atoms with Crippen LogP contribution in [0.15, 0.2) is 12.5 Å². The van der Waals surface area contributed by atoms with Crippen LogP contribution in [-0.2, 0) is 6.54 Å². The molecule has 0 atom stereocenters. The maximum Gasteiger partial charge on any atom is 0.285 e. The number of hydrogen-bond acceptors (Lipinski definition) is 5. The summed E-state index contributed by atoms with van der Waals surface area (Å²) in [6, 6.07) is 0. The highest BCUT2D eigenvalue weighted by molar-refractivity contribution is 5.91. The topological polar surface area (TPSA) is 79.4 Å². The Morgan fingerprint density at radius 2 is 2.17 bits per heavy atom. The second kappa shape index (κ2) is 5.94. The molecule has 7 nitrogen and oxygen atoms in total. The lowest BCUT2D eigenvalue weighted by Gasteiger charge is -2.32. The number of piperazine rings is 1. The van der Waals surface area contributed by atoms with Crippen molar-refractivity contribution in [1.82, 2.24) is 24.9 Å². The largest absolute Gasteiger partial charge is 0.335 e. The summed E-state index contributed by atoms with van der Waals surface area (Å²) < 4.78 is 1.82. The van der Waals surface area contributed by atoms with Crippen molar-refractivity contribution in [2.75, 3.05) is 39.8 Å². The van der Waals surface area contributed by atoms with Crippen molar-refractivity contribution in [2.24, 2.45) is 5.73 Å². The molecule has 2 rings (SSSR count). The molecule has 0 radical (unpaired) electrons. The Kier molecular flexibility index (Phi) is 4.29. The lowest BCUT2D eigenvalue weighted by molar-refractivity contribution is 0.0658. The average molecular weight is 252 g/mol. The van der Waals surface area contributed by atoms with Crippen molar-refractivity contribution in [3.63, 3.8) is 0 Å². The van der Waals surface area contributed by atoms with E-state index in [9.17, 15) is 4.79 Å². The molecule has 1 fully saturated rings. The van der Waals surface area contributed by atoms with E-state index in [0.29, 0.717) is 18.8 Å². The highest BCUT2D eigenvalue weighted by Crippen LogP contribution is 1.99. The molecule has 3 N–H and O–H groups in total. The van der Waals surface area contributed by atoms with E-state index in [1.54, 1.807) is 12.5 Å². The molecule has 1 aromatic heterocycles. The lowest BCUT2D eigenvalue weighted by Crippen LogP contribution is -2.52. The van der Waals surface area contributed by atoms with Gasteiger partial charge in [-0.3, -0.25) is 10.2 Å². The van der Waals surface area contributed by atoms with Crippen molar-refractivity contribution < 1.29 is 4.79 Å². The predicted octanol–water partition coefficient (Wildman–Crippen LogP) is -1.27. The van der Waals surface area contributed by atoms with Crippen LogP contribution in [0.1, 0.15) is 10.5 Å². The van der Waals surface area contributed by atoms with E-state index >= 15 is 0 Å². The zero-order valence-electron chi connectivity index (χ0n) is 10.7. The van der Waals surface area contributed by atoms with Gasteiger partial charge in [0.05, 0.1) is 6.33 Å². The summed E-state index contributed by atoms with van der Waals surface area (Å²) in [4.78, 5) is 18.2. The predicted molar refractivity (Wildman–Crippen MR) is 67.8 cm³/mol. The first-order valence-corrected chi connectivity index (χ1v) is 6.15. The summed E-state index contributed by atoms with van der Waals surface area (Å²) in [5, 5.41) is 1.93. The quantitative estimate of drug-likeness (QED) is 0.699. The molecule has 7 heteroatoms. The zero-order valence-corrected chi connectivity index (χ0v) is 10.7. The first-order valence-electron chi connectivity index (χ1n) is 6.15. The third kappa shape index (κ3) is 3.28. The normalized spacial score (nSPS) is 17.9. The molecule has 1 amide bonds.